The number of sulfone groups is 1. The van der Waals surface area contributed by atoms with Crippen molar-refractivity contribution in [3.63, 3.8) is 0 Å². The van der Waals surface area contributed by atoms with Crippen molar-refractivity contribution in [2.24, 2.45) is 0 Å². The average molecular weight is 284 g/mol. The maximum Gasteiger partial charge on any atom is 0.153 e. The van der Waals surface area contributed by atoms with Gasteiger partial charge in [-0.25, -0.2) is 8.42 Å². The van der Waals surface area contributed by atoms with E-state index in [1.54, 1.807) is 10.9 Å². The fourth-order valence-electron chi connectivity index (χ4n) is 2.51. The van der Waals surface area contributed by atoms with E-state index in [9.17, 15) is 13.2 Å². The first-order valence-corrected chi connectivity index (χ1v) is 8.16. The summed E-state index contributed by atoms with van der Waals surface area (Å²) in [5.41, 5.74) is 0.473. The number of aldehydes is 1. The van der Waals surface area contributed by atoms with Crippen LogP contribution in [0.2, 0.25) is 0 Å². The SMILES string of the molecule is CC(C)(C)c1nn(C2(C)CCS(=O)(=O)C2)cc1C=O. The molecule has 2 rings (SSSR count). The van der Waals surface area contributed by atoms with Gasteiger partial charge in [0.25, 0.3) is 0 Å². The van der Waals surface area contributed by atoms with E-state index in [1.807, 2.05) is 27.7 Å². The number of rotatable bonds is 2. The topological polar surface area (TPSA) is 69.0 Å². The minimum absolute atomic E-state index is 0.0869. The van der Waals surface area contributed by atoms with E-state index < -0.39 is 15.4 Å². The van der Waals surface area contributed by atoms with E-state index in [-0.39, 0.29) is 16.9 Å². The van der Waals surface area contributed by atoms with Gasteiger partial charge in [0.15, 0.2) is 16.1 Å². The standard InChI is InChI=1S/C13H20N2O3S/c1-12(2,3)11-10(8-16)7-15(14-11)13(4)5-6-19(17,18)9-13/h7-8H,5-6,9H2,1-4H3. The van der Waals surface area contributed by atoms with Crippen LogP contribution in [0.3, 0.4) is 0 Å². The van der Waals surface area contributed by atoms with Crippen LogP contribution < -0.4 is 0 Å². The van der Waals surface area contributed by atoms with Crippen molar-refractivity contribution in [2.45, 2.75) is 45.1 Å². The summed E-state index contributed by atoms with van der Waals surface area (Å²) in [6.45, 7) is 7.84. The Kier molecular flexibility index (Phi) is 3.12. The maximum absolute atomic E-state index is 11.7. The molecule has 0 spiro atoms. The molecule has 0 radical (unpaired) electrons. The maximum atomic E-state index is 11.7. The van der Waals surface area contributed by atoms with Gasteiger partial charge in [0.05, 0.1) is 28.3 Å². The van der Waals surface area contributed by atoms with E-state index >= 15 is 0 Å². The summed E-state index contributed by atoms with van der Waals surface area (Å²) in [4.78, 5) is 11.2. The van der Waals surface area contributed by atoms with Crippen LogP contribution in [-0.2, 0) is 20.8 Å². The lowest BCUT2D eigenvalue weighted by molar-refractivity contribution is 0.112. The summed E-state index contributed by atoms with van der Waals surface area (Å²) < 4.78 is 25.0. The zero-order chi connectivity index (χ0) is 14.5. The second kappa shape index (κ2) is 4.16. The van der Waals surface area contributed by atoms with E-state index in [0.717, 1.165) is 6.29 Å². The molecule has 0 bridgehead atoms. The largest absolute Gasteiger partial charge is 0.298 e. The fraction of sp³-hybridized carbons (Fsp3) is 0.692. The first-order valence-electron chi connectivity index (χ1n) is 6.34. The minimum Gasteiger partial charge on any atom is -0.298 e. The molecule has 1 aliphatic rings. The Morgan fingerprint density at radius 3 is 2.42 bits per heavy atom. The average Bonchev–Trinajstić information content (AvgIpc) is 2.80. The number of nitrogens with zero attached hydrogens (tertiary/aromatic N) is 2. The Balaban J connectivity index is 2.48. The molecule has 0 amide bonds. The third kappa shape index (κ3) is 2.59. The number of hydrogen-bond donors (Lipinski definition) is 0. The van der Waals surface area contributed by atoms with Crippen LogP contribution in [0.4, 0.5) is 0 Å². The Labute approximate surface area is 113 Å². The van der Waals surface area contributed by atoms with E-state index in [2.05, 4.69) is 5.10 Å². The van der Waals surface area contributed by atoms with Gasteiger partial charge in [-0.2, -0.15) is 5.10 Å². The quantitative estimate of drug-likeness (QED) is 0.772. The van der Waals surface area contributed by atoms with Gasteiger partial charge in [-0.05, 0) is 13.3 Å². The van der Waals surface area contributed by atoms with Crippen LogP contribution in [0.5, 0.6) is 0 Å². The molecule has 19 heavy (non-hydrogen) atoms. The highest BCUT2D eigenvalue weighted by atomic mass is 32.2. The van der Waals surface area contributed by atoms with Crippen molar-refractivity contribution in [3.05, 3.63) is 17.5 Å². The van der Waals surface area contributed by atoms with E-state index in [1.165, 1.54) is 0 Å². The van der Waals surface area contributed by atoms with Gasteiger partial charge in [0, 0.05) is 11.6 Å². The number of hydrogen-bond acceptors (Lipinski definition) is 4. The molecule has 1 aliphatic heterocycles. The van der Waals surface area contributed by atoms with Crippen LogP contribution in [-0.4, -0.2) is 36.0 Å². The van der Waals surface area contributed by atoms with Crippen molar-refractivity contribution in [2.75, 3.05) is 11.5 Å². The molecule has 106 valence electrons. The van der Waals surface area contributed by atoms with Gasteiger partial charge in [-0.15, -0.1) is 0 Å². The molecule has 0 aliphatic carbocycles. The molecule has 5 nitrogen and oxygen atoms in total. The first kappa shape index (κ1) is 14.2. The monoisotopic (exact) mass is 284 g/mol. The smallest absolute Gasteiger partial charge is 0.153 e. The first-order chi connectivity index (χ1) is 8.57. The highest BCUT2D eigenvalue weighted by Gasteiger charge is 2.41. The number of aromatic nitrogens is 2. The molecule has 1 aromatic rings. The van der Waals surface area contributed by atoms with Crippen LogP contribution in [0.1, 0.15) is 50.2 Å². The molecule has 1 fully saturated rings. The summed E-state index contributed by atoms with van der Waals surface area (Å²) in [6.07, 6.45) is 3.00. The Hall–Kier alpha value is -1.17. The van der Waals surface area contributed by atoms with Gasteiger partial charge in [-0.1, -0.05) is 20.8 Å². The summed E-state index contributed by atoms with van der Waals surface area (Å²) >= 11 is 0. The normalized spacial score (nSPS) is 26.5. The Morgan fingerprint density at radius 2 is 2.05 bits per heavy atom. The lowest BCUT2D eigenvalue weighted by Gasteiger charge is -2.23. The molecule has 2 heterocycles. The highest BCUT2D eigenvalue weighted by Crippen LogP contribution is 2.32. The Bertz CT molecular complexity index is 610. The molecule has 1 aromatic heterocycles. The molecule has 1 saturated heterocycles. The van der Waals surface area contributed by atoms with Gasteiger partial charge >= 0.3 is 0 Å². The van der Waals surface area contributed by atoms with Gasteiger partial charge in [-0.3, -0.25) is 9.48 Å². The van der Waals surface area contributed by atoms with Crippen LogP contribution in [0.15, 0.2) is 6.20 Å². The highest BCUT2D eigenvalue weighted by molar-refractivity contribution is 7.91. The van der Waals surface area contributed by atoms with E-state index in [0.29, 0.717) is 17.7 Å². The summed E-state index contributed by atoms with van der Waals surface area (Å²) in [7, 11) is -3.00. The molecular weight excluding hydrogens is 264 g/mol. The summed E-state index contributed by atoms with van der Waals surface area (Å²) in [6, 6.07) is 0. The number of carbonyl (C=O) groups excluding carboxylic acids is 1. The predicted molar refractivity (Wildman–Crippen MR) is 73.2 cm³/mol. The third-order valence-corrected chi connectivity index (χ3v) is 5.50. The van der Waals surface area contributed by atoms with Crippen LogP contribution in [0, 0.1) is 0 Å². The summed E-state index contributed by atoms with van der Waals surface area (Å²) in [5.74, 6) is 0.272. The van der Waals surface area contributed by atoms with Crippen molar-refractivity contribution in [3.8, 4) is 0 Å². The minimum atomic E-state index is -3.00. The predicted octanol–water partition coefficient (Wildman–Crippen LogP) is 1.53. The van der Waals surface area contributed by atoms with Crippen LogP contribution in [0.25, 0.3) is 0 Å². The van der Waals surface area contributed by atoms with Crippen molar-refractivity contribution < 1.29 is 13.2 Å². The molecule has 6 heteroatoms. The molecule has 1 atom stereocenters. The van der Waals surface area contributed by atoms with Crippen molar-refractivity contribution in [1.82, 2.24) is 9.78 Å². The van der Waals surface area contributed by atoms with Crippen LogP contribution >= 0.6 is 0 Å². The van der Waals surface area contributed by atoms with Gasteiger partial charge in [0.2, 0.25) is 0 Å². The van der Waals surface area contributed by atoms with E-state index in [4.69, 9.17) is 0 Å². The molecule has 0 aromatic carbocycles. The number of carbonyl (C=O) groups is 1. The molecule has 0 saturated carbocycles. The summed E-state index contributed by atoms with van der Waals surface area (Å²) in [5, 5.41) is 4.49. The molecular formula is C13H20N2O3S. The second-order valence-corrected chi connectivity index (χ2v) is 8.77. The zero-order valence-corrected chi connectivity index (χ0v) is 12.6. The lowest BCUT2D eigenvalue weighted by Crippen LogP contribution is -2.32. The third-order valence-electron chi connectivity index (χ3n) is 3.62. The Morgan fingerprint density at radius 1 is 1.42 bits per heavy atom. The van der Waals surface area contributed by atoms with Crippen molar-refractivity contribution in [1.29, 1.82) is 0 Å². The fourth-order valence-corrected chi connectivity index (χ4v) is 4.63. The second-order valence-electron chi connectivity index (χ2n) is 6.58. The molecule has 0 N–H and O–H groups in total. The molecule has 1 unspecified atom stereocenters. The lowest BCUT2D eigenvalue weighted by atomic mass is 9.90. The van der Waals surface area contributed by atoms with Gasteiger partial charge < -0.3 is 0 Å². The van der Waals surface area contributed by atoms with Gasteiger partial charge in [0.1, 0.15) is 0 Å². The zero-order valence-electron chi connectivity index (χ0n) is 11.8. The van der Waals surface area contributed by atoms with Crippen molar-refractivity contribution >= 4 is 16.1 Å².